The summed E-state index contributed by atoms with van der Waals surface area (Å²) in [5.41, 5.74) is 1.82. The topological polar surface area (TPSA) is 108 Å². The van der Waals surface area contributed by atoms with Gasteiger partial charge in [0.05, 0.1) is 31.1 Å². The molecule has 3 aliphatic rings. The quantitative estimate of drug-likeness (QED) is 0.630. The number of anilines is 1. The molecule has 0 saturated carbocycles. The van der Waals surface area contributed by atoms with Crippen molar-refractivity contribution in [1.82, 2.24) is 10.2 Å². The first-order chi connectivity index (χ1) is 13.2. The molecule has 150 valence electrons. The number of ether oxygens (including phenoxy) is 1. The normalized spacial score (nSPS) is 32.1. The Morgan fingerprint density at radius 1 is 1.25 bits per heavy atom. The van der Waals surface area contributed by atoms with Crippen LogP contribution >= 0.6 is 0 Å². The molecule has 3 amide bonds. The zero-order valence-electron chi connectivity index (χ0n) is 16.4. The van der Waals surface area contributed by atoms with Crippen molar-refractivity contribution in [3.8, 4) is 0 Å². The highest BCUT2D eigenvalue weighted by Gasteiger charge is 2.71. The van der Waals surface area contributed by atoms with Crippen molar-refractivity contribution >= 4 is 23.4 Å². The number of fused-ring (bicyclic) bond motifs is 4. The van der Waals surface area contributed by atoms with E-state index in [2.05, 4.69) is 10.6 Å². The molecule has 3 heterocycles. The van der Waals surface area contributed by atoms with Crippen LogP contribution < -0.4 is 10.6 Å². The fraction of sp³-hybridized carbons (Fsp3) is 0.550. The van der Waals surface area contributed by atoms with Crippen LogP contribution in [0.2, 0.25) is 0 Å². The Balaban J connectivity index is 1.89. The molecule has 2 saturated heterocycles. The third-order valence-corrected chi connectivity index (χ3v) is 6.23. The zero-order chi connectivity index (χ0) is 20.4. The summed E-state index contributed by atoms with van der Waals surface area (Å²) in [7, 11) is 1.50. The Morgan fingerprint density at radius 3 is 2.61 bits per heavy atom. The first-order valence-electron chi connectivity index (χ1n) is 9.47. The van der Waals surface area contributed by atoms with Crippen molar-refractivity contribution in [2.45, 2.75) is 38.5 Å². The second kappa shape index (κ2) is 6.37. The van der Waals surface area contributed by atoms with Gasteiger partial charge in [-0.05, 0) is 26.3 Å². The van der Waals surface area contributed by atoms with Crippen LogP contribution in [0.3, 0.4) is 0 Å². The van der Waals surface area contributed by atoms with E-state index in [9.17, 15) is 19.5 Å². The molecule has 5 atom stereocenters. The summed E-state index contributed by atoms with van der Waals surface area (Å²) in [5.74, 6) is -2.83. The van der Waals surface area contributed by atoms with E-state index in [4.69, 9.17) is 4.74 Å². The third-order valence-electron chi connectivity index (χ3n) is 6.23. The van der Waals surface area contributed by atoms with E-state index < -0.39 is 35.4 Å². The molecule has 3 N–H and O–H groups in total. The van der Waals surface area contributed by atoms with Gasteiger partial charge in [-0.3, -0.25) is 24.6 Å². The van der Waals surface area contributed by atoms with Crippen LogP contribution in [0.25, 0.3) is 0 Å². The van der Waals surface area contributed by atoms with Gasteiger partial charge in [-0.2, -0.15) is 0 Å². The number of carbonyl (C=O) groups is 3. The van der Waals surface area contributed by atoms with Crippen molar-refractivity contribution in [2.75, 3.05) is 25.6 Å². The van der Waals surface area contributed by atoms with Crippen LogP contribution in [0, 0.1) is 25.7 Å². The summed E-state index contributed by atoms with van der Waals surface area (Å²) >= 11 is 0. The van der Waals surface area contributed by atoms with Gasteiger partial charge < -0.3 is 15.2 Å². The van der Waals surface area contributed by atoms with E-state index in [1.165, 1.54) is 12.0 Å². The summed E-state index contributed by atoms with van der Waals surface area (Å²) in [6.45, 7) is 5.74. The number of methoxy groups -OCH3 is 1. The van der Waals surface area contributed by atoms with Gasteiger partial charge in [-0.15, -0.1) is 0 Å². The predicted molar refractivity (Wildman–Crippen MR) is 100 cm³/mol. The molecule has 0 bridgehead atoms. The first-order valence-corrected chi connectivity index (χ1v) is 9.47. The maximum atomic E-state index is 13.3. The number of amides is 3. The fourth-order valence-electron chi connectivity index (χ4n) is 5.07. The van der Waals surface area contributed by atoms with Gasteiger partial charge in [0.2, 0.25) is 17.7 Å². The molecule has 28 heavy (non-hydrogen) atoms. The zero-order valence-corrected chi connectivity index (χ0v) is 16.4. The van der Waals surface area contributed by atoms with Crippen molar-refractivity contribution in [1.29, 1.82) is 0 Å². The van der Waals surface area contributed by atoms with Crippen LogP contribution in [0.5, 0.6) is 0 Å². The Morgan fingerprint density at radius 2 is 1.96 bits per heavy atom. The number of nitrogens with one attached hydrogen (secondary N) is 2. The number of aryl methyl sites for hydroxylation is 2. The van der Waals surface area contributed by atoms with Crippen molar-refractivity contribution in [3.05, 3.63) is 28.8 Å². The van der Waals surface area contributed by atoms with E-state index in [1.54, 1.807) is 6.92 Å². The van der Waals surface area contributed by atoms with Crippen LogP contribution in [0.4, 0.5) is 5.69 Å². The largest absolute Gasteiger partial charge is 0.392 e. The summed E-state index contributed by atoms with van der Waals surface area (Å²) in [5, 5.41) is 16.5. The van der Waals surface area contributed by atoms with Gasteiger partial charge in [-0.25, -0.2) is 0 Å². The highest BCUT2D eigenvalue weighted by atomic mass is 16.5. The lowest BCUT2D eigenvalue weighted by Gasteiger charge is -2.30. The Hall–Kier alpha value is -2.29. The standard InChI is InChI=1S/C20H25N3O5/c1-9-7-10(2)15-12(8-9)20(19(27)21-15)14-13(16(22-20)11(3)24)17(25)23(18(14)26)5-6-28-4/h7-8,11,13-14,16,22,24H,5-6H2,1-4H3,(H,21,27). The van der Waals surface area contributed by atoms with Crippen molar-refractivity contribution < 1.29 is 24.2 Å². The average Bonchev–Trinajstić information content (AvgIpc) is 3.21. The number of aliphatic hydroxyl groups excluding tert-OH is 1. The number of nitrogens with zero attached hydrogens (tertiary/aromatic N) is 1. The molecule has 1 spiro atoms. The Kier molecular flexibility index (Phi) is 4.33. The average molecular weight is 387 g/mol. The molecule has 5 unspecified atom stereocenters. The number of hydrogen-bond donors (Lipinski definition) is 3. The minimum Gasteiger partial charge on any atom is -0.392 e. The molecule has 8 heteroatoms. The lowest BCUT2D eigenvalue weighted by molar-refractivity contribution is -0.143. The first kappa shape index (κ1) is 19.0. The van der Waals surface area contributed by atoms with E-state index >= 15 is 0 Å². The van der Waals surface area contributed by atoms with Gasteiger partial charge in [0, 0.05) is 24.4 Å². The van der Waals surface area contributed by atoms with Crippen LogP contribution in [0.1, 0.15) is 23.6 Å². The predicted octanol–water partition coefficient (Wildman–Crippen LogP) is 0.0510. The number of benzene rings is 1. The number of imide groups is 1. The third kappa shape index (κ3) is 2.31. The molecular formula is C20H25N3O5. The highest BCUT2D eigenvalue weighted by Crippen LogP contribution is 2.54. The van der Waals surface area contributed by atoms with Gasteiger partial charge in [0.25, 0.3) is 0 Å². The van der Waals surface area contributed by atoms with Crippen LogP contribution in [-0.4, -0.2) is 60.1 Å². The number of aliphatic hydroxyl groups is 1. The molecule has 2 fully saturated rings. The summed E-state index contributed by atoms with van der Waals surface area (Å²) in [6.07, 6.45) is -0.909. The van der Waals surface area contributed by atoms with E-state index in [1.807, 2.05) is 26.0 Å². The lowest BCUT2D eigenvalue weighted by Crippen LogP contribution is -2.55. The molecule has 0 aromatic heterocycles. The molecular weight excluding hydrogens is 362 g/mol. The van der Waals surface area contributed by atoms with E-state index in [0.29, 0.717) is 11.3 Å². The van der Waals surface area contributed by atoms with Crippen molar-refractivity contribution in [2.24, 2.45) is 11.8 Å². The van der Waals surface area contributed by atoms with Gasteiger partial charge in [0.15, 0.2) is 0 Å². The number of carbonyl (C=O) groups excluding carboxylic acids is 3. The van der Waals surface area contributed by atoms with Crippen LogP contribution in [0.15, 0.2) is 12.1 Å². The lowest BCUT2D eigenvalue weighted by atomic mass is 9.75. The number of likely N-dealkylation sites (tertiary alicyclic amines) is 1. The molecule has 8 nitrogen and oxygen atoms in total. The number of hydrogen-bond acceptors (Lipinski definition) is 6. The second-order valence-electron chi connectivity index (χ2n) is 8.00. The van der Waals surface area contributed by atoms with Gasteiger partial charge in [0.1, 0.15) is 5.54 Å². The summed E-state index contributed by atoms with van der Waals surface area (Å²) in [6, 6.07) is 3.14. The molecule has 1 aromatic rings. The fourth-order valence-corrected chi connectivity index (χ4v) is 5.07. The summed E-state index contributed by atoms with van der Waals surface area (Å²) in [4.78, 5) is 40.8. The SMILES string of the molecule is COCCN1C(=O)C2C(C(C)O)NC3(C(=O)Nc4c(C)cc(C)cc43)C2C1=O. The van der Waals surface area contributed by atoms with E-state index in [-0.39, 0.29) is 25.0 Å². The van der Waals surface area contributed by atoms with Gasteiger partial charge >= 0.3 is 0 Å². The second-order valence-corrected chi connectivity index (χ2v) is 8.00. The smallest absolute Gasteiger partial charge is 0.250 e. The minimum atomic E-state index is -1.37. The van der Waals surface area contributed by atoms with Gasteiger partial charge in [-0.1, -0.05) is 17.7 Å². The Labute approximate surface area is 163 Å². The maximum absolute atomic E-state index is 13.3. The van der Waals surface area contributed by atoms with Crippen molar-refractivity contribution in [3.63, 3.8) is 0 Å². The molecule has 4 rings (SSSR count). The molecule has 0 aliphatic carbocycles. The highest BCUT2D eigenvalue weighted by molar-refractivity contribution is 6.15. The van der Waals surface area contributed by atoms with Crippen LogP contribution in [-0.2, 0) is 24.7 Å². The monoisotopic (exact) mass is 387 g/mol. The maximum Gasteiger partial charge on any atom is 0.250 e. The molecule has 1 aromatic carbocycles. The number of rotatable bonds is 4. The molecule has 0 radical (unpaired) electrons. The Bertz CT molecular complexity index is 883. The summed E-state index contributed by atoms with van der Waals surface area (Å²) < 4.78 is 5.03. The minimum absolute atomic E-state index is 0.130. The van der Waals surface area contributed by atoms with E-state index in [0.717, 1.165) is 11.1 Å². The molecule has 3 aliphatic heterocycles.